The zero-order valence-electron chi connectivity index (χ0n) is 7.05. The molecule has 2 nitrogen and oxygen atoms in total. The minimum Gasteiger partial charge on any atom is -0.220 e. The summed E-state index contributed by atoms with van der Waals surface area (Å²) in [5, 5.41) is 2.06. The highest BCUT2D eigenvalue weighted by atomic mass is 32.2. The molecule has 0 fully saturated rings. The zero-order chi connectivity index (χ0) is 9.73. The number of rotatable bonds is 3. The van der Waals surface area contributed by atoms with E-state index >= 15 is 0 Å². The van der Waals surface area contributed by atoms with Crippen molar-refractivity contribution in [2.24, 2.45) is 0 Å². The maximum absolute atomic E-state index is 11.0. The molecule has 0 radical (unpaired) electrons. The van der Waals surface area contributed by atoms with Crippen molar-refractivity contribution in [2.75, 3.05) is 0 Å². The molecule has 0 bridgehead atoms. The molecule has 0 aromatic heterocycles. The molecule has 0 aliphatic carbocycles. The molecule has 0 N–H and O–H groups in total. The Kier molecular flexibility index (Phi) is 3.03. The number of hydrogen-bond donors (Lipinski definition) is 0. The van der Waals surface area contributed by atoms with Gasteiger partial charge in [0.2, 0.25) is 0 Å². The number of hydrogen-bond acceptors (Lipinski definition) is 2. The van der Waals surface area contributed by atoms with Crippen molar-refractivity contribution in [1.29, 1.82) is 0 Å². The van der Waals surface area contributed by atoms with Crippen molar-refractivity contribution in [3.63, 3.8) is 0 Å². The molecule has 0 saturated carbocycles. The van der Waals surface area contributed by atoms with E-state index in [-0.39, 0.29) is 0 Å². The van der Waals surface area contributed by atoms with Gasteiger partial charge >= 0.3 is 0 Å². The fourth-order valence-corrected chi connectivity index (χ4v) is 1.25. The van der Waals surface area contributed by atoms with Crippen molar-refractivity contribution in [2.45, 2.75) is 0 Å². The van der Waals surface area contributed by atoms with Crippen molar-refractivity contribution >= 4 is 15.9 Å². The predicted molar refractivity (Wildman–Crippen MR) is 54.6 cm³/mol. The van der Waals surface area contributed by atoms with Gasteiger partial charge in [0.15, 0.2) is 9.84 Å². The summed E-state index contributed by atoms with van der Waals surface area (Å²) in [6.07, 6.45) is 1.54. The third-order valence-corrected chi connectivity index (χ3v) is 2.46. The third kappa shape index (κ3) is 3.25. The Hall–Kier alpha value is -1.35. The van der Waals surface area contributed by atoms with Crippen LogP contribution < -0.4 is 0 Å². The largest absolute Gasteiger partial charge is 0.220 e. The molecule has 0 spiro atoms. The fourth-order valence-electron chi connectivity index (χ4n) is 0.793. The van der Waals surface area contributed by atoms with Gasteiger partial charge in [0.05, 0.1) is 0 Å². The van der Waals surface area contributed by atoms with E-state index in [1.54, 1.807) is 0 Å². The molecule has 0 atom stereocenters. The van der Waals surface area contributed by atoms with Crippen LogP contribution in [0, 0.1) is 0 Å². The topological polar surface area (TPSA) is 34.1 Å². The summed E-state index contributed by atoms with van der Waals surface area (Å²) in [6.45, 7) is 3.21. The van der Waals surface area contributed by atoms with Gasteiger partial charge in [-0.2, -0.15) is 0 Å². The summed E-state index contributed by atoms with van der Waals surface area (Å²) < 4.78 is 21.9. The lowest BCUT2D eigenvalue weighted by Crippen LogP contribution is -1.85. The van der Waals surface area contributed by atoms with Gasteiger partial charge in [0, 0.05) is 10.8 Å². The summed E-state index contributed by atoms with van der Waals surface area (Å²) in [5.74, 6) is 0. The Morgan fingerprint density at radius 2 is 1.77 bits per heavy atom. The summed E-state index contributed by atoms with van der Waals surface area (Å²) in [6, 6.07) is 9.23. The Balaban J connectivity index is 2.88. The van der Waals surface area contributed by atoms with Gasteiger partial charge in [0.25, 0.3) is 0 Å². The van der Waals surface area contributed by atoms with Crippen LogP contribution in [0.5, 0.6) is 0 Å². The number of benzene rings is 1. The van der Waals surface area contributed by atoms with Gasteiger partial charge in [0.1, 0.15) is 0 Å². The van der Waals surface area contributed by atoms with Gasteiger partial charge in [-0.25, -0.2) is 8.42 Å². The summed E-state index contributed by atoms with van der Waals surface area (Å²) in [7, 11) is -3.23. The lowest BCUT2D eigenvalue weighted by atomic mass is 10.2. The SMILES string of the molecule is C=CS(=O)(=O)C=Cc1ccccc1. The van der Waals surface area contributed by atoms with Crippen LogP contribution in [0.2, 0.25) is 0 Å². The van der Waals surface area contributed by atoms with Crippen LogP contribution in [0.3, 0.4) is 0 Å². The minimum absolute atomic E-state index is 0.855. The lowest BCUT2D eigenvalue weighted by Gasteiger charge is -1.90. The first-order valence-electron chi connectivity index (χ1n) is 3.75. The van der Waals surface area contributed by atoms with Crippen molar-refractivity contribution in [3.05, 3.63) is 53.3 Å². The first kappa shape index (κ1) is 9.74. The van der Waals surface area contributed by atoms with E-state index in [1.165, 1.54) is 6.08 Å². The third-order valence-electron chi connectivity index (χ3n) is 1.48. The Morgan fingerprint density at radius 1 is 1.15 bits per heavy atom. The van der Waals surface area contributed by atoms with Gasteiger partial charge in [-0.1, -0.05) is 36.9 Å². The second-order valence-electron chi connectivity index (χ2n) is 2.47. The van der Waals surface area contributed by atoms with E-state index in [0.717, 1.165) is 16.4 Å². The molecule has 0 saturated heterocycles. The van der Waals surface area contributed by atoms with E-state index in [1.807, 2.05) is 30.3 Å². The Morgan fingerprint density at radius 3 is 2.31 bits per heavy atom. The highest BCUT2D eigenvalue weighted by Crippen LogP contribution is 2.03. The summed E-state index contributed by atoms with van der Waals surface area (Å²) in [5.41, 5.74) is 0.855. The smallest absolute Gasteiger partial charge is 0.192 e. The van der Waals surface area contributed by atoms with E-state index in [0.29, 0.717) is 0 Å². The molecule has 1 aromatic carbocycles. The lowest BCUT2D eigenvalue weighted by molar-refractivity contribution is 0.613. The molecule has 0 aliphatic rings. The van der Waals surface area contributed by atoms with E-state index < -0.39 is 9.84 Å². The van der Waals surface area contributed by atoms with E-state index in [4.69, 9.17) is 0 Å². The van der Waals surface area contributed by atoms with Gasteiger partial charge in [-0.3, -0.25) is 0 Å². The van der Waals surface area contributed by atoms with Gasteiger partial charge in [-0.05, 0) is 11.6 Å². The molecule has 0 amide bonds. The van der Waals surface area contributed by atoms with Crippen LogP contribution in [0.15, 0.2) is 47.7 Å². The summed E-state index contributed by atoms with van der Waals surface area (Å²) >= 11 is 0. The Bertz CT molecular complexity index is 402. The molecule has 0 aliphatic heterocycles. The highest BCUT2D eigenvalue weighted by Gasteiger charge is 1.95. The normalized spacial score (nSPS) is 11.7. The maximum Gasteiger partial charge on any atom is 0.192 e. The van der Waals surface area contributed by atoms with Crippen molar-refractivity contribution < 1.29 is 8.42 Å². The van der Waals surface area contributed by atoms with Gasteiger partial charge < -0.3 is 0 Å². The highest BCUT2D eigenvalue weighted by molar-refractivity contribution is 7.97. The van der Waals surface area contributed by atoms with Crippen molar-refractivity contribution in [1.82, 2.24) is 0 Å². The molecule has 3 heteroatoms. The zero-order valence-corrected chi connectivity index (χ0v) is 7.87. The standard InChI is InChI=1S/C10H10O2S/c1-2-13(11,12)9-8-10-6-4-3-5-7-10/h2-9H,1H2. The van der Waals surface area contributed by atoms with Crippen LogP contribution in [0.1, 0.15) is 5.56 Å². The first-order valence-corrected chi connectivity index (χ1v) is 5.36. The quantitative estimate of drug-likeness (QED) is 0.739. The average molecular weight is 194 g/mol. The van der Waals surface area contributed by atoms with Crippen LogP contribution in [-0.4, -0.2) is 8.42 Å². The van der Waals surface area contributed by atoms with Crippen LogP contribution in [0.4, 0.5) is 0 Å². The predicted octanol–water partition coefficient (Wildman–Crippen LogP) is 2.22. The second kappa shape index (κ2) is 4.05. The Labute approximate surface area is 78.1 Å². The fraction of sp³-hybridized carbons (Fsp3) is 0. The number of sulfone groups is 1. The molecule has 1 rings (SSSR count). The van der Waals surface area contributed by atoms with Crippen LogP contribution in [-0.2, 0) is 9.84 Å². The molecule has 0 heterocycles. The van der Waals surface area contributed by atoms with Crippen LogP contribution in [0.25, 0.3) is 6.08 Å². The summed E-state index contributed by atoms with van der Waals surface area (Å²) in [4.78, 5) is 0. The molecule has 1 aromatic rings. The molecular weight excluding hydrogens is 184 g/mol. The van der Waals surface area contributed by atoms with Gasteiger partial charge in [-0.15, -0.1) is 0 Å². The van der Waals surface area contributed by atoms with Crippen LogP contribution >= 0.6 is 0 Å². The molecule has 13 heavy (non-hydrogen) atoms. The molecule has 0 unspecified atom stereocenters. The minimum atomic E-state index is -3.23. The average Bonchev–Trinajstić information content (AvgIpc) is 2.17. The first-order chi connectivity index (χ1) is 6.14. The van der Waals surface area contributed by atoms with E-state index in [2.05, 4.69) is 6.58 Å². The second-order valence-corrected chi connectivity index (χ2v) is 4.25. The van der Waals surface area contributed by atoms with Crippen molar-refractivity contribution in [3.8, 4) is 0 Å². The molecule has 68 valence electrons. The molecular formula is C10H10O2S. The van der Waals surface area contributed by atoms with E-state index in [9.17, 15) is 8.42 Å². The monoisotopic (exact) mass is 194 g/mol. The maximum atomic E-state index is 11.0.